The van der Waals surface area contributed by atoms with Gasteiger partial charge >= 0.3 is 0 Å². The molecule has 0 amide bonds. The number of aromatic nitrogens is 1. The number of hydrogen-bond acceptors (Lipinski definition) is 2. The summed E-state index contributed by atoms with van der Waals surface area (Å²) in [6, 6.07) is 9.98. The van der Waals surface area contributed by atoms with E-state index in [1.165, 1.54) is 5.56 Å². The predicted octanol–water partition coefficient (Wildman–Crippen LogP) is 4.49. The summed E-state index contributed by atoms with van der Waals surface area (Å²) in [5.41, 5.74) is 3.45. The lowest BCUT2D eigenvalue weighted by Gasteiger charge is -2.15. The molecule has 0 bridgehead atoms. The summed E-state index contributed by atoms with van der Waals surface area (Å²) in [5.74, 6) is 0. The second-order valence-electron chi connectivity index (χ2n) is 4.41. The molecule has 1 aromatic heterocycles. The number of fused-ring (bicyclic) bond motifs is 1. The van der Waals surface area contributed by atoms with E-state index in [0.29, 0.717) is 10.0 Å². The predicted molar refractivity (Wildman–Crippen MR) is 75.4 cm³/mol. The Labute approximate surface area is 116 Å². The number of pyridine rings is 1. The van der Waals surface area contributed by atoms with Gasteiger partial charge in [-0.1, -0.05) is 29.3 Å². The number of hydrogen-bond donors (Lipinski definition) is 1. The first-order valence-corrected chi connectivity index (χ1v) is 6.65. The first kappa shape index (κ1) is 11.8. The van der Waals surface area contributed by atoms with Gasteiger partial charge in [0.15, 0.2) is 0 Å². The highest BCUT2D eigenvalue weighted by molar-refractivity contribution is 6.42. The maximum atomic E-state index is 6.01. The Morgan fingerprint density at radius 3 is 2.89 bits per heavy atom. The van der Waals surface area contributed by atoms with E-state index in [9.17, 15) is 0 Å². The molecule has 0 fully saturated rings. The van der Waals surface area contributed by atoms with E-state index in [1.807, 2.05) is 24.4 Å². The molecule has 0 aliphatic heterocycles. The van der Waals surface area contributed by atoms with Gasteiger partial charge < -0.3 is 5.32 Å². The molecule has 1 aromatic carbocycles. The lowest BCUT2D eigenvalue weighted by atomic mass is 10.2. The number of halogens is 2. The van der Waals surface area contributed by atoms with Gasteiger partial charge in [0.25, 0.3) is 0 Å². The van der Waals surface area contributed by atoms with Crippen LogP contribution in [0.5, 0.6) is 0 Å². The molecule has 1 heterocycles. The molecule has 0 saturated carbocycles. The van der Waals surface area contributed by atoms with Crippen LogP contribution in [-0.4, -0.2) is 4.98 Å². The Morgan fingerprint density at radius 2 is 2.06 bits per heavy atom. The largest absolute Gasteiger partial charge is 0.377 e. The van der Waals surface area contributed by atoms with Crippen LogP contribution < -0.4 is 5.32 Å². The molecule has 2 aromatic rings. The fraction of sp³-hybridized carbons (Fsp3) is 0.214. The van der Waals surface area contributed by atoms with Crippen LogP contribution in [-0.2, 0) is 6.42 Å². The SMILES string of the molecule is Clc1ccc(NC2CCc3cccnc32)cc1Cl. The van der Waals surface area contributed by atoms with Crippen molar-refractivity contribution in [1.29, 1.82) is 0 Å². The number of aryl methyl sites for hydroxylation is 1. The molecule has 3 rings (SSSR count). The van der Waals surface area contributed by atoms with E-state index in [-0.39, 0.29) is 6.04 Å². The van der Waals surface area contributed by atoms with Crippen molar-refractivity contribution in [3.05, 3.63) is 57.8 Å². The van der Waals surface area contributed by atoms with Gasteiger partial charge in [-0.05, 0) is 42.7 Å². The van der Waals surface area contributed by atoms with Gasteiger partial charge in [-0.25, -0.2) is 0 Å². The van der Waals surface area contributed by atoms with Crippen LogP contribution in [0.1, 0.15) is 23.7 Å². The fourth-order valence-corrected chi connectivity index (χ4v) is 2.64. The Hall–Kier alpha value is -1.25. The maximum absolute atomic E-state index is 6.01. The molecule has 4 heteroatoms. The third-order valence-electron chi connectivity index (χ3n) is 3.22. The van der Waals surface area contributed by atoms with E-state index in [1.54, 1.807) is 6.07 Å². The molecule has 1 N–H and O–H groups in total. The van der Waals surface area contributed by atoms with Crippen LogP contribution in [0.2, 0.25) is 10.0 Å². The van der Waals surface area contributed by atoms with E-state index in [2.05, 4.69) is 16.4 Å². The number of rotatable bonds is 2. The minimum absolute atomic E-state index is 0.262. The van der Waals surface area contributed by atoms with Crippen LogP contribution >= 0.6 is 23.2 Å². The van der Waals surface area contributed by atoms with Gasteiger partial charge in [0, 0.05) is 11.9 Å². The van der Waals surface area contributed by atoms with E-state index < -0.39 is 0 Å². The highest BCUT2D eigenvalue weighted by Gasteiger charge is 2.23. The normalized spacial score (nSPS) is 17.6. The van der Waals surface area contributed by atoms with Crippen molar-refractivity contribution < 1.29 is 0 Å². The first-order valence-electron chi connectivity index (χ1n) is 5.89. The van der Waals surface area contributed by atoms with Crippen molar-refractivity contribution in [2.24, 2.45) is 0 Å². The number of benzene rings is 1. The topological polar surface area (TPSA) is 24.9 Å². The highest BCUT2D eigenvalue weighted by atomic mass is 35.5. The second-order valence-corrected chi connectivity index (χ2v) is 5.23. The molecule has 1 atom stereocenters. The minimum atomic E-state index is 0.262. The third kappa shape index (κ3) is 2.18. The quantitative estimate of drug-likeness (QED) is 0.876. The molecule has 18 heavy (non-hydrogen) atoms. The summed E-state index contributed by atoms with van der Waals surface area (Å²) in [5, 5.41) is 4.61. The molecule has 1 aliphatic carbocycles. The third-order valence-corrected chi connectivity index (χ3v) is 3.96. The van der Waals surface area contributed by atoms with Crippen LogP contribution in [0.3, 0.4) is 0 Å². The molecule has 1 aliphatic rings. The second kappa shape index (κ2) is 4.79. The van der Waals surface area contributed by atoms with Crippen molar-refractivity contribution in [2.45, 2.75) is 18.9 Å². The van der Waals surface area contributed by atoms with Crippen LogP contribution in [0.25, 0.3) is 0 Å². The maximum Gasteiger partial charge on any atom is 0.0691 e. The van der Waals surface area contributed by atoms with E-state index in [0.717, 1.165) is 24.2 Å². The zero-order valence-corrected chi connectivity index (χ0v) is 11.2. The Morgan fingerprint density at radius 1 is 1.17 bits per heavy atom. The van der Waals surface area contributed by atoms with Gasteiger partial charge in [-0.15, -0.1) is 0 Å². The lowest BCUT2D eigenvalue weighted by Crippen LogP contribution is -2.08. The molecular formula is C14H12Cl2N2. The number of anilines is 1. The van der Waals surface area contributed by atoms with Gasteiger partial charge in [0.05, 0.1) is 21.8 Å². The fourth-order valence-electron chi connectivity index (χ4n) is 2.34. The smallest absolute Gasteiger partial charge is 0.0691 e. The van der Waals surface area contributed by atoms with Crippen molar-refractivity contribution in [2.75, 3.05) is 5.32 Å². The zero-order valence-electron chi connectivity index (χ0n) is 9.66. The summed E-state index contributed by atoms with van der Waals surface area (Å²) < 4.78 is 0. The molecule has 0 spiro atoms. The van der Waals surface area contributed by atoms with E-state index in [4.69, 9.17) is 23.2 Å². The minimum Gasteiger partial charge on any atom is -0.377 e. The van der Waals surface area contributed by atoms with Crippen LogP contribution in [0.15, 0.2) is 36.5 Å². The van der Waals surface area contributed by atoms with Crippen LogP contribution in [0.4, 0.5) is 5.69 Å². The van der Waals surface area contributed by atoms with Crippen molar-refractivity contribution in [1.82, 2.24) is 4.98 Å². The first-order chi connectivity index (χ1) is 8.74. The Balaban J connectivity index is 1.84. The molecule has 92 valence electrons. The zero-order chi connectivity index (χ0) is 12.5. The highest BCUT2D eigenvalue weighted by Crippen LogP contribution is 2.33. The van der Waals surface area contributed by atoms with Crippen LogP contribution in [0, 0.1) is 0 Å². The van der Waals surface area contributed by atoms with Crippen molar-refractivity contribution in [3.8, 4) is 0 Å². The molecule has 2 nitrogen and oxygen atoms in total. The summed E-state index contributed by atoms with van der Waals surface area (Å²) in [4.78, 5) is 4.46. The molecule has 0 radical (unpaired) electrons. The molecule has 1 unspecified atom stereocenters. The van der Waals surface area contributed by atoms with Gasteiger partial charge in [0.1, 0.15) is 0 Å². The summed E-state index contributed by atoms with van der Waals surface area (Å²) in [6.45, 7) is 0. The standard InChI is InChI=1S/C14H12Cl2N2/c15-11-5-4-10(8-12(11)16)18-13-6-3-9-2-1-7-17-14(9)13/h1-2,4-5,7-8,13,18H,3,6H2. The average Bonchev–Trinajstić information content (AvgIpc) is 2.78. The summed E-state index contributed by atoms with van der Waals surface area (Å²) in [6.07, 6.45) is 3.97. The lowest BCUT2D eigenvalue weighted by molar-refractivity contribution is 0.746. The van der Waals surface area contributed by atoms with E-state index >= 15 is 0 Å². The molecular weight excluding hydrogens is 267 g/mol. The average molecular weight is 279 g/mol. The Kier molecular flexibility index (Phi) is 3.14. The van der Waals surface area contributed by atoms with Gasteiger partial charge in [-0.3, -0.25) is 4.98 Å². The van der Waals surface area contributed by atoms with Crippen molar-refractivity contribution in [3.63, 3.8) is 0 Å². The summed E-state index contributed by atoms with van der Waals surface area (Å²) in [7, 11) is 0. The van der Waals surface area contributed by atoms with Crippen molar-refractivity contribution >= 4 is 28.9 Å². The number of nitrogens with one attached hydrogen (secondary N) is 1. The number of nitrogens with zero attached hydrogens (tertiary/aromatic N) is 1. The molecule has 0 saturated heterocycles. The van der Waals surface area contributed by atoms with Gasteiger partial charge in [-0.2, -0.15) is 0 Å². The summed E-state index contributed by atoms with van der Waals surface area (Å²) >= 11 is 11.9. The Bertz CT molecular complexity index is 584. The monoisotopic (exact) mass is 278 g/mol. The van der Waals surface area contributed by atoms with Gasteiger partial charge in [0.2, 0.25) is 0 Å².